The van der Waals surface area contributed by atoms with Gasteiger partial charge in [0.1, 0.15) is 24.0 Å². The molecule has 35 heavy (non-hydrogen) atoms. The zero-order chi connectivity index (χ0) is 24.6. The second-order valence-electron chi connectivity index (χ2n) is 8.64. The molecule has 0 radical (unpaired) electrons. The summed E-state index contributed by atoms with van der Waals surface area (Å²) in [6.45, 7) is 5.04. The van der Waals surface area contributed by atoms with E-state index in [0.717, 1.165) is 33.6 Å². The molecule has 1 N–H and O–H groups in total. The van der Waals surface area contributed by atoms with Gasteiger partial charge in [0.2, 0.25) is 0 Å². The van der Waals surface area contributed by atoms with E-state index >= 15 is 0 Å². The molecule has 1 atom stereocenters. The molecule has 1 amide bonds. The minimum Gasteiger partial charge on any atom is -0.489 e. The van der Waals surface area contributed by atoms with Crippen molar-refractivity contribution >= 4 is 5.91 Å². The topological polar surface area (TPSA) is 62.1 Å². The Morgan fingerprint density at radius 2 is 1.57 bits per heavy atom. The molecule has 0 saturated carbocycles. The third-order valence-electron chi connectivity index (χ3n) is 6.15. The fourth-order valence-electron chi connectivity index (χ4n) is 4.29. The van der Waals surface area contributed by atoms with Crippen LogP contribution in [0.15, 0.2) is 119 Å². The van der Waals surface area contributed by atoms with Gasteiger partial charge < -0.3 is 10.1 Å². The predicted octanol–water partition coefficient (Wildman–Crippen LogP) is 6.39. The number of nitriles is 1. The number of carbonyl (C=O) groups is 1. The third-order valence-corrected chi connectivity index (χ3v) is 6.15. The van der Waals surface area contributed by atoms with Gasteiger partial charge in [-0.05, 0) is 54.3 Å². The van der Waals surface area contributed by atoms with Crippen LogP contribution in [0.2, 0.25) is 0 Å². The number of allylic oxidation sites excluding steroid dienone is 5. The lowest BCUT2D eigenvalue weighted by molar-refractivity contribution is -0.117. The normalized spacial score (nSPS) is 15.4. The number of benzene rings is 3. The summed E-state index contributed by atoms with van der Waals surface area (Å²) in [5.41, 5.74) is 6.56. The lowest BCUT2D eigenvalue weighted by atomic mass is 9.89. The summed E-state index contributed by atoms with van der Waals surface area (Å²) in [7, 11) is 0. The van der Waals surface area contributed by atoms with E-state index in [1.165, 1.54) is 5.57 Å². The van der Waals surface area contributed by atoms with E-state index in [-0.39, 0.29) is 17.4 Å². The largest absolute Gasteiger partial charge is 0.489 e. The summed E-state index contributed by atoms with van der Waals surface area (Å²) in [5.74, 6) is 0.559. The molecule has 0 aromatic heterocycles. The number of carbonyl (C=O) groups excluding carboxylic acids is 1. The van der Waals surface area contributed by atoms with Crippen molar-refractivity contribution in [2.75, 3.05) is 0 Å². The zero-order valence-electron chi connectivity index (χ0n) is 20.0. The van der Waals surface area contributed by atoms with E-state index in [4.69, 9.17) is 4.74 Å². The van der Waals surface area contributed by atoms with Gasteiger partial charge in [0.25, 0.3) is 5.91 Å². The Bertz CT molecular complexity index is 1310. The molecule has 0 saturated heterocycles. The molecule has 0 bridgehead atoms. The van der Waals surface area contributed by atoms with Gasteiger partial charge >= 0.3 is 0 Å². The van der Waals surface area contributed by atoms with Gasteiger partial charge in [-0.2, -0.15) is 5.26 Å². The van der Waals surface area contributed by atoms with Gasteiger partial charge in [0, 0.05) is 12.5 Å². The molecule has 4 rings (SSSR count). The summed E-state index contributed by atoms with van der Waals surface area (Å²) < 4.78 is 5.92. The van der Waals surface area contributed by atoms with Gasteiger partial charge in [-0.1, -0.05) is 90.0 Å². The Labute approximate surface area is 206 Å². The standard InChI is InChI=1S/C31H28N2O2/c1-22-17-27(18-28(19-32)31(34)33-20-24-9-5-3-6-10-24)23(2)30(22)26-13-15-29(16-14-26)35-21-25-11-7-4-8-12-25/h3-18,30H,20-21H2,1-2H3,(H,33,34)/b28-18-/t30-/m0/s1. The molecule has 3 aromatic rings. The van der Waals surface area contributed by atoms with Crippen LogP contribution in [-0.4, -0.2) is 5.91 Å². The number of hydrogen-bond acceptors (Lipinski definition) is 3. The van der Waals surface area contributed by atoms with Gasteiger partial charge in [-0.15, -0.1) is 0 Å². The summed E-state index contributed by atoms with van der Waals surface area (Å²) in [6.07, 6.45) is 3.75. The van der Waals surface area contributed by atoms with E-state index in [1.807, 2.05) is 72.8 Å². The van der Waals surface area contributed by atoms with Crippen LogP contribution in [-0.2, 0) is 17.9 Å². The van der Waals surface area contributed by atoms with Crippen LogP contribution >= 0.6 is 0 Å². The average Bonchev–Trinajstić information content (AvgIpc) is 3.18. The van der Waals surface area contributed by atoms with Crippen molar-refractivity contribution in [3.05, 3.63) is 136 Å². The molecule has 0 unspecified atom stereocenters. The molecule has 174 valence electrons. The Balaban J connectivity index is 1.45. The number of rotatable bonds is 8. The second-order valence-corrected chi connectivity index (χ2v) is 8.64. The maximum atomic E-state index is 12.6. The van der Waals surface area contributed by atoms with Crippen molar-refractivity contribution in [3.8, 4) is 11.8 Å². The Morgan fingerprint density at radius 1 is 0.943 bits per heavy atom. The molecule has 0 fully saturated rings. The molecule has 1 aliphatic carbocycles. The van der Waals surface area contributed by atoms with Gasteiger partial charge in [0.05, 0.1) is 0 Å². The molecular weight excluding hydrogens is 432 g/mol. The van der Waals surface area contributed by atoms with Crippen LogP contribution < -0.4 is 10.1 Å². The highest BCUT2D eigenvalue weighted by Crippen LogP contribution is 2.40. The number of nitrogens with zero attached hydrogens (tertiary/aromatic N) is 1. The van der Waals surface area contributed by atoms with Crippen molar-refractivity contribution in [1.82, 2.24) is 5.32 Å². The molecular formula is C31H28N2O2. The first kappa shape index (κ1) is 23.8. The number of hydrogen-bond donors (Lipinski definition) is 1. The zero-order valence-corrected chi connectivity index (χ0v) is 20.0. The van der Waals surface area contributed by atoms with E-state index in [0.29, 0.717) is 13.2 Å². The predicted molar refractivity (Wildman–Crippen MR) is 138 cm³/mol. The Morgan fingerprint density at radius 3 is 2.20 bits per heavy atom. The first-order valence-corrected chi connectivity index (χ1v) is 11.6. The molecule has 0 aliphatic heterocycles. The second kappa shape index (κ2) is 11.2. The van der Waals surface area contributed by atoms with Crippen LogP contribution in [0.3, 0.4) is 0 Å². The summed E-state index contributed by atoms with van der Waals surface area (Å²) in [4.78, 5) is 12.6. The van der Waals surface area contributed by atoms with Crippen LogP contribution in [0.4, 0.5) is 0 Å². The van der Waals surface area contributed by atoms with E-state index in [9.17, 15) is 10.1 Å². The third kappa shape index (κ3) is 5.96. The Kier molecular flexibility index (Phi) is 7.60. The van der Waals surface area contributed by atoms with Crippen molar-refractivity contribution in [3.63, 3.8) is 0 Å². The van der Waals surface area contributed by atoms with Gasteiger partial charge in [-0.3, -0.25) is 4.79 Å². The quantitative estimate of drug-likeness (QED) is 0.313. The minimum absolute atomic E-state index is 0.102. The fourth-order valence-corrected chi connectivity index (χ4v) is 4.29. The van der Waals surface area contributed by atoms with Crippen LogP contribution in [0.25, 0.3) is 0 Å². The van der Waals surface area contributed by atoms with Gasteiger partial charge in [0.15, 0.2) is 0 Å². The maximum absolute atomic E-state index is 12.6. The Hall–Kier alpha value is -4.36. The molecule has 3 aromatic carbocycles. The number of ether oxygens (including phenoxy) is 1. The highest BCUT2D eigenvalue weighted by Gasteiger charge is 2.24. The van der Waals surface area contributed by atoms with Crippen molar-refractivity contribution in [2.45, 2.75) is 32.9 Å². The van der Waals surface area contributed by atoms with Crippen molar-refractivity contribution in [1.29, 1.82) is 5.26 Å². The van der Waals surface area contributed by atoms with Crippen LogP contribution in [0.5, 0.6) is 5.75 Å². The highest BCUT2D eigenvalue weighted by molar-refractivity contribution is 5.98. The van der Waals surface area contributed by atoms with Crippen LogP contribution in [0.1, 0.15) is 36.5 Å². The van der Waals surface area contributed by atoms with Crippen LogP contribution in [0, 0.1) is 11.3 Å². The maximum Gasteiger partial charge on any atom is 0.262 e. The molecule has 4 nitrogen and oxygen atoms in total. The fraction of sp³-hybridized carbons (Fsp3) is 0.161. The highest BCUT2D eigenvalue weighted by atomic mass is 16.5. The van der Waals surface area contributed by atoms with E-state index < -0.39 is 0 Å². The summed E-state index contributed by atoms with van der Waals surface area (Å²) >= 11 is 0. The summed E-state index contributed by atoms with van der Waals surface area (Å²) in [6, 6.07) is 29.9. The smallest absolute Gasteiger partial charge is 0.262 e. The van der Waals surface area contributed by atoms with Gasteiger partial charge in [-0.25, -0.2) is 0 Å². The first-order valence-electron chi connectivity index (χ1n) is 11.6. The van der Waals surface area contributed by atoms with E-state index in [2.05, 4.69) is 43.4 Å². The lowest BCUT2D eigenvalue weighted by Gasteiger charge is -2.16. The minimum atomic E-state index is -0.369. The molecule has 0 heterocycles. The molecule has 0 spiro atoms. The van der Waals surface area contributed by atoms with E-state index in [1.54, 1.807) is 6.08 Å². The summed E-state index contributed by atoms with van der Waals surface area (Å²) in [5, 5.41) is 12.5. The van der Waals surface area contributed by atoms with Crippen molar-refractivity contribution < 1.29 is 9.53 Å². The number of amides is 1. The number of nitrogens with one attached hydrogen (secondary N) is 1. The van der Waals surface area contributed by atoms with Crippen molar-refractivity contribution in [2.24, 2.45) is 0 Å². The average molecular weight is 461 g/mol. The molecule has 4 heteroatoms. The monoisotopic (exact) mass is 460 g/mol. The SMILES string of the molecule is CC1=CC(/C=C(/C#N)C(=O)NCc2ccccc2)=C(C)[C@H]1c1ccc(OCc2ccccc2)cc1. The molecule has 1 aliphatic rings. The lowest BCUT2D eigenvalue weighted by Crippen LogP contribution is -2.24. The first-order chi connectivity index (χ1) is 17.0.